The first-order valence-corrected chi connectivity index (χ1v) is 11.4. The summed E-state index contributed by atoms with van der Waals surface area (Å²) >= 11 is 0. The van der Waals surface area contributed by atoms with Crippen LogP contribution in [0.15, 0.2) is 12.2 Å². The van der Waals surface area contributed by atoms with Crippen LogP contribution in [0.1, 0.15) is 88.5 Å². The molecular formula is C25H49NO7. The van der Waals surface area contributed by atoms with E-state index in [4.69, 9.17) is 20.2 Å². The Hall–Kier alpha value is -1.93. The monoisotopic (exact) mass is 475 g/mol. The third kappa shape index (κ3) is 18.2. The van der Waals surface area contributed by atoms with Crippen LogP contribution < -0.4 is 5.73 Å². The van der Waals surface area contributed by atoms with Gasteiger partial charge in [-0.15, -0.1) is 0 Å². The highest BCUT2D eigenvalue weighted by Crippen LogP contribution is 2.21. The Kier molecular flexibility index (Phi) is 18.9. The molecule has 8 nitrogen and oxygen atoms in total. The van der Waals surface area contributed by atoms with Crippen LogP contribution in [0, 0.1) is 16.2 Å². The normalized spacial score (nSPS) is 11.2. The lowest BCUT2D eigenvalue weighted by molar-refractivity contribution is -0.292. The van der Waals surface area contributed by atoms with E-state index in [1.807, 2.05) is 69.2 Å². The van der Waals surface area contributed by atoms with Gasteiger partial charge >= 0.3 is 11.9 Å². The van der Waals surface area contributed by atoms with Crippen molar-refractivity contribution >= 4 is 17.8 Å². The van der Waals surface area contributed by atoms with E-state index in [-0.39, 0.29) is 41.9 Å². The zero-order chi connectivity index (χ0) is 26.9. The van der Waals surface area contributed by atoms with Crippen LogP contribution in [0.5, 0.6) is 0 Å². The first-order valence-electron chi connectivity index (χ1n) is 11.4. The van der Waals surface area contributed by atoms with Crippen molar-refractivity contribution in [2.75, 3.05) is 26.9 Å². The second-order valence-corrected chi connectivity index (χ2v) is 9.75. The third-order valence-electron chi connectivity index (χ3n) is 5.40. The van der Waals surface area contributed by atoms with Crippen molar-refractivity contribution in [3.8, 4) is 0 Å². The average molecular weight is 476 g/mol. The van der Waals surface area contributed by atoms with Crippen LogP contribution in [-0.4, -0.2) is 44.8 Å². The summed E-state index contributed by atoms with van der Waals surface area (Å²) in [4.78, 5) is 42.4. The molecule has 0 aliphatic rings. The fourth-order valence-electron chi connectivity index (χ4n) is 1.30. The number of primary amides is 1. The zero-order valence-corrected chi connectivity index (χ0v) is 22.9. The van der Waals surface area contributed by atoms with Crippen molar-refractivity contribution in [3.05, 3.63) is 12.2 Å². The van der Waals surface area contributed by atoms with E-state index >= 15 is 0 Å². The SMILES string of the molecule is C=C(C)COOCCOC(=O)C(C)(C)CC.CCC(C)(C)C(=O)OC.CCC(C)(C)C(N)=O. The average Bonchev–Trinajstić information content (AvgIpc) is 2.75. The second kappa shape index (κ2) is 17.5. The highest BCUT2D eigenvalue weighted by molar-refractivity contribution is 5.79. The van der Waals surface area contributed by atoms with Crippen molar-refractivity contribution in [1.29, 1.82) is 0 Å². The number of hydrogen-bond acceptors (Lipinski definition) is 7. The van der Waals surface area contributed by atoms with Gasteiger partial charge in [-0.3, -0.25) is 14.4 Å². The predicted octanol–water partition coefficient (Wildman–Crippen LogP) is 4.99. The molecule has 0 aliphatic carbocycles. The van der Waals surface area contributed by atoms with Gasteiger partial charge in [-0.25, -0.2) is 9.78 Å². The summed E-state index contributed by atoms with van der Waals surface area (Å²) in [5.41, 5.74) is 4.86. The number of ether oxygens (including phenoxy) is 2. The lowest BCUT2D eigenvalue weighted by Gasteiger charge is -2.20. The van der Waals surface area contributed by atoms with Gasteiger partial charge in [0.2, 0.25) is 5.91 Å². The molecule has 0 spiro atoms. The molecule has 0 fully saturated rings. The molecule has 33 heavy (non-hydrogen) atoms. The van der Waals surface area contributed by atoms with Gasteiger partial charge in [-0.2, -0.15) is 0 Å². The quantitative estimate of drug-likeness (QED) is 0.139. The van der Waals surface area contributed by atoms with E-state index in [1.165, 1.54) is 7.11 Å². The highest BCUT2D eigenvalue weighted by Gasteiger charge is 2.27. The van der Waals surface area contributed by atoms with Crippen LogP contribution in [0.3, 0.4) is 0 Å². The van der Waals surface area contributed by atoms with Crippen LogP contribution in [0.2, 0.25) is 0 Å². The summed E-state index contributed by atoms with van der Waals surface area (Å²) in [5.74, 6) is -0.566. The van der Waals surface area contributed by atoms with E-state index < -0.39 is 5.41 Å². The zero-order valence-electron chi connectivity index (χ0n) is 22.9. The maximum absolute atomic E-state index is 11.5. The van der Waals surface area contributed by atoms with Crippen LogP contribution in [0.4, 0.5) is 0 Å². The highest BCUT2D eigenvalue weighted by atomic mass is 17.2. The smallest absolute Gasteiger partial charge is 0.311 e. The van der Waals surface area contributed by atoms with Gasteiger partial charge in [-0.1, -0.05) is 46.8 Å². The number of carbonyl (C=O) groups excluding carboxylic acids is 3. The molecule has 0 aromatic rings. The maximum Gasteiger partial charge on any atom is 0.311 e. The number of nitrogens with two attached hydrogens (primary N) is 1. The largest absolute Gasteiger partial charge is 0.469 e. The van der Waals surface area contributed by atoms with Gasteiger partial charge in [0.05, 0.1) is 17.9 Å². The summed E-state index contributed by atoms with van der Waals surface area (Å²) in [7, 11) is 1.42. The Morgan fingerprint density at radius 1 is 0.758 bits per heavy atom. The minimum Gasteiger partial charge on any atom is -0.469 e. The summed E-state index contributed by atoms with van der Waals surface area (Å²) in [6.45, 7) is 23.3. The standard InChI is InChI=1S/C12H22O4.C7H14O2.C6H13NO/c1-6-12(4,5)11(13)14-7-8-15-16-9-10(2)3;1-5-7(2,3)6(8)9-4;1-4-6(2,3)5(7)8/h2,6-9H2,1,3-5H3;5H2,1-4H3;4H2,1-3H3,(H2,7,8). The molecule has 0 aromatic heterocycles. The molecule has 0 aliphatic heterocycles. The minimum absolute atomic E-state index is 0.134. The Bertz CT molecular complexity index is 596. The molecule has 0 radical (unpaired) electrons. The number of esters is 2. The van der Waals surface area contributed by atoms with Gasteiger partial charge in [0.15, 0.2) is 0 Å². The van der Waals surface area contributed by atoms with Crippen LogP contribution in [0.25, 0.3) is 0 Å². The fraction of sp³-hybridized carbons (Fsp3) is 0.800. The first-order chi connectivity index (χ1) is 14.9. The van der Waals surface area contributed by atoms with Crippen molar-refractivity contribution in [1.82, 2.24) is 0 Å². The van der Waals surface area contributed by atoms with Gasteiger partial charge in [0.25, 0.3) is 0 Å². The van der Waals surface area contributed by atoms with Crippen molar-refractivity contribution < 1.29 is 33.6 Å². The Labute approximate surface area is 201 Å². The fourth-order valence-corrected chi connectivity index (χ4v) is 1.30. The predicted molar refractivity (Wildman–Crippen MR) is 131 cm³/mol. The Balaban J connectivity index is -0.000000449. The summed E-state index contributed by atoms with van der Waals surface area (Å²) in [6, 6.07) is 0. The molecule has 1 amide bonds. The van der Waals surface area contributed by atoms with Gasteiger partial charge in [-0.05, 0) is 53.9 Å². The molecule has 196 valence electrons. The topological polar surface area (TPSA) is 114 Å². The van der Waals surface area contributed by atoms with Gasteiger partial charge in [0, 0.05) is 5.41 Å². The summed E-state index contributed by atoms with van der Waals surface area (Å²) in [6.07, 6.45) is 2.38. The number of carbonyl (C=O) groups is 3. The van der Waals surface area contributed by atoms with Crippen LogP contribution in [-0.2, 0) is 33.6 Å². The Morgan fingerprint density at radius 2 is 1.18 bits per heavy atom. The molecule has 0 aromatic carbocycles. The maximum atomic E-state index is 11.5. The molecule has 2 N–H and O–H groups in total. The number of hydrogen-bond donors (Lipinski definition) is 1. The summed E-state index contributed by atoms with van der Waals surface area (Å²) in [5, 5.41) is 0. The first kappa shape index (κ1) is 35.7. The molecule has 0 bridgehead atoms. The molecule has 0 heterocycles. The van der Waals surface area contributed by atoms with Crippen LogP contribution >= 0.6 is 0 Å². The van der Waals surface area contributed by atoms with E-state index in [0.717, 1.165) is 24.8 Å². The van der Waals surface area contributed by atoms with Crippen molar-refractivity contribution in [2.24, 2.45) is 22.0 Å². The number of amides is 1. The molecule has 0 atom stereocenters. The van der Waals surface area contributed by atoms with Crippen molar-refractivity contribution in [3.63, 3.8) is 0 Å². The Morgan fingerprint density at radius 3 is 1.45 bits per heavy atom. The number of rotatable bonds is 12. The molecule has 8 heteroatoms. The molecule has 0 saturated carbocycles. The third-order valence-corrected chi connectivity index (χ3v) is 5.40. The van der Waals surface area contributed by atoms with E-state index in [2.05, 4.69) is 11.3 Å². The number of methoxy groups -OCH3 is 1. The van der Waals surface area contributed by atoms with Gasteiger partial charge in [0.1, 0.15) is 19.8 Å². The molecular weight excluding hydrogens is 426 g/mol. The van der Waals surface area contributed by atoms with E-state index in [0.29, 0.717) is 6.61 Å². The van der Waals surface area contributed by atoms with E-state index in [1.54, 1.807) is 0 Å². The molecule has 0 unspecified atom stereocenters. The molecule has 0 rings (SSSR count). The summed E-state index contributed by atoms with van der Waals surface area (Å²) < 4.78 is 9.61. The van der Waals surface area contributed by atoms with Crippen molar-refractivity contribution in [2.45, 2.75) is 88.5 Å². The lowest BCUT2D eigenvalue weighted by Crippen LogP contribution is -2.30. The minimum atomic E-state index is -0.432. The van der Waals surface area contributed by atoms with E-state index in [9.17, 15) is 14.4 Å². The second-order valence-electron chi connectivity index (χ2n) is 9.75. The van der Waals surface area contributed by atoms with Gasteiger partial charge < -0.3 is 15.2 Å². The lowest BCUT2D eigenvalue weighted by atomic mass is 9.90. The molecule has 0 saturated heterocycles.